The van der Waals surface area contributed by atoms with Crippen LogP contribution in [0.15, 0.2) is 42.9 Å². The molecule has 3 rings (SSSR count). The Labute approximate surface area is 210 Å². The van der Waals surface area contributed by atoms with E-state index in [9.17, 15) is 13.2 Å². The summed E-state index contributed by atoms with van der Waals surface area (Å²) in [6.45, 7) is 9.61. The van der Waals surface area contributed by atoms with E-state index in [-0.39, 0.29) is 0 Å². The minimum absolute atomic E-state index is 0.364. The fourth-order valence-corrected chi connectivity index (χ4v) is 2.76. The fourth-order valence-electron chi connectivity index (χ4n) is 2.76. The molecule has 7 N–H and O–H groups in total. The van der Waals surface area contributed by atoms with Gasteiger partial charge in [-0.1, -0.05) is 41.0 Å². The smallest absolute Gasteiger partial charge is 0.388 e. The molecule has 0 saturated heterocycles. The average Bonchev–Trinajstić information content (AvgIpc) is 2.80. The molecule has 36 heavy (non-hydrogen) atoms. The Morgan fingerprint density at radius 3 is 2.19 bits per heavy atom. The van der Waals surface area contributed by atoms with Gasteiger partial charge in [-0.05, 0) is 41.1 Å². The molecular weight excluding hydrogens is 469 g/mol. The predicted molar refractivity (Wildman–Crippen MR) is 142 cm³/mol. The second kappa shape index (κ2) is 14.1. The Kier molecular flexibility index (Phi) is 11.9. The van der Waals surface area contributed by atoms with Crippen molar-refractivity contribution in [2.24, 2.45) is 11.6 Å². The highest BCUT2D eigenvalue weighted by Crippen LogP contribution is 2.27. The molecule has 198 valence electrons. The number of nitrogens with zero attached hydrogens (tertiary/aromatic N) is 4. The second-order valence-corrected chi connectivity index (χ2v) is 8.28. The summed E-state index contributed by atoms with van der Waals surface area (Å²) >= 11 is 0. The van der Waals surface area contributed by atoms with Crippen molar-refractivity contribution in [1.29, 1.82) is 0 Å². The first-order valence-electron chi connectivity index (χ1n) is 11.6. The summed E-state index contributed by atoms with van der Waals surface area (Å²) in [6, 6.07) is 7.79. The Morgan fingerprint density at radius 2 is 1.69 bits per heavy atom. The summed E-state index contributed by atoms with van der Waals surface area (Å²) in [7, 11) is 1.69. The number of rotatable bonds is 5. The van der Waals surface area contributed by atoms with E-state index in [1.165, 1.54) is 23.2 Å². The average molecular weight is 507 g/mol. The number of halogens is 3. The highest BCUT2D eigenvalue weighted by Gasteiger charge is 2.22. The molecule has 0 unspecified atom stereocenters. The molecule has 0 fully saturated rings. The van der Waals surface area contributed by atoms with Crippen LogP contribution in [-0.2, 0) is 0 Å². The summed E-state index contributed by atoms with van der Waals surface area (Å²) in [5.74, 6) is 7.99. The number of fused-ring (bicyclic) bond motifs is 1. The van der Waals surface area contributed by atoms with E-state index in [1.807, 2.05) is 24.3 Å². The number of aromatic nitrogens is 3. The Balaban J connectivity index is 0.000000621. The van der Waals surface area contributed by atoms with E-state index >= 15 is 0 Å². The summed E-state index contributed by atoms with van der Waals surface area (Å²) in [5.41, 5.74) is 14.1. The summed E-state index contributed by atoms with van der Waals surface area (Å²) in [4.78, 5) is 13.2. The molecule has 0 amide bonds. The van der Waals surface area contributed by atoms with Gasteiger partial charge in [0, 0.05) is 37.4 Å². The van der Waals surface area contributed by atoms with Gasteiger partial charge in [-0.2, -0.15) is 13.2 Å². The number of nitrogens with two attached hydrogens (primary N) is 3. The minimum atomic E-state index is -3.96. The number of pyridine rings is 3. The molecule has 0 aromatic carbocycles. The maximum absolute atomic E-state index is 10.8. The lowest BCUT2D eigenvalue weighted by atomic mass is 10.1. The van der Waals surface area contributed by atoms with Gasteiger partial charge in [-0.3, -0.25) is 0 Å². The molecule has 11 heteroatoms. The number of hydrazine groups is 1. The summed E-state index contributed by atoms with van der Waals surface area (Å²) in [6.07, 6.45) is 1.44. The zero-order valence-electron chi connectivity index (χ0n) is 21.7. The van der Waals surface area contributed by atoms with Crippen molar-refractivity contribution < 1.29 is 13.2 Å². The molecule has 3 aromatic heterocycles. The molecule has 0 aliphatic rings. The number of nitrogen functional groups attached to an aromatic ring is 1. The van der Waals surface area contributed by atoms with Gasteiger partial charge >= 0.3 is 6.18 Å². The maximum atomic E-state index is 10.8. The predicted octanol–water partition coefficient (Wildman–Crippen LogP) is 5.91. The van der Waals surface area contributed by atoms with Crippen LogP contribution in [0.4, 0.5) is 30.6 Å². The van der Waals surface area contributed by atoms with Crippen LogP contribution in [0, 0.1) is 0 Å². The van der Waals surface area contributed by atoms with Crippen LogP contribution in [0.5, 0.6) is 0 Å². The van der Waals surface area contributed by atoms with Gasteiger partial charge in [0.15, 0.2) is 0 Å². The number of hydrogen-bond acceptors (Lipinski definition) is 8. The van der Waals surface area contributed by atoms with Crippen molar-refractivity contribution in [1.82, 2.24) is 20.0 Å². The molecule has 0 aliphatic heterocycles. The topological polar surface area (TPSA) is 132 Å². The summed E-state index contributed by atoms with van der Waals surface area (Å²) in [5, 5.41) is 6.26. The number of alkyl halides is 3. The van der Waals surface area contributed by atoms with Crippen molar-refractivity contribution in [2.45, 2.75) is 59.6 Å². The monoisotopic (exact) mass is 506 g/mol. The van der Waals surface area contributed by atoms with Crippen LogP contribution in [0.1, 0.15) is 64.6 Å². The molecule has 0 bridgehead atoms. The first kappa shape index (κ1) is 30.4. The third-order valence-corrected chi connectivity index (χ3v) is 4.65. The molecule has 8 nitrogen and oxygen atoms in total. The first-order chi connectivity index (χ1) is 16.9. The zero-order valence-corrected chi connectivity index (χ0v) is 21.7. The normalized spacial score (nSPS) is 11.4. The van der Waals surface area contributed by atoms with Crippen molar-refractivity contribution in [3.05, 3.63) is 54.1 Å². The highest BCUT2D eigenvalue weighted by molar-refractivity contribution is 5.93. The fraction of sp³-hybridized carbons (Fsp3) is 0.400. The SMILES string of the molecule is CC(C)c1ccnc(Nc2cc3cc(/C(=C/N)N(C)N)nc(N)c3cn2)c1.CCC.CCC(F)(F)F. The van der Waals surface area contributed by atoms with E-state index in [4.69, 9.17) is 17.3 Å². The van der Waals surface area contributed by atoms with Gasteiger partial charge < -0.3 is 21.8 Å². The molecule has 0 spiro atoms. The third kappa shape index (κ3) is 9.57. The van der Waals surface area contributed by atoms with Crippen LogP contribution in [0.3, 0.4) is 0 Å². The Hall–Kier alpha value is -3.60. The minimum Gasteiger partial charge on any atom is -0.403 e. The molecule has 0 atom stereocenters. The van der Waals surface area contributed by atoms with Gasteiger partial charge in [-0.25, -0.2) is 20.8 Å². The molecule has 0 radical (unpaired) electrons. The van der Waals surface area contributed by atoms with E-state index < -0.39 is 12.6 Å². The zero-order chi connectivity index (χ0) is 27.5. The lowest BCUT2D eigenvalue weighted by molar-refractivity contribution is -0.130. The quantitative estimate of drug-likeness (QED) is 0.248. The number of anilines is 3. The van der Waals surface area contributed by atoms with Gasteiger partial charge in [0.1, 0.15) is 17.5 Å². The van der Waals surface area contributed by atoms with E-state index in [0.29, 0.717) is 28.9 Å². The van der Waals surface area contributed by atoms with Crippen molar-refractivity contribution >= 4 is 33.9 Å². The van der Waals surface area contributed by atoms with E-state index in [0.717, 1.165) is 23.5 Å². The van der Waals surface area contributed by atoms with Crippen molar-refractivity contribution in [3.63, 3.8) is 0 Å². The van der Waals surface area contributed by atoms with Crippen molar-refractivity contribution in [2.75, 3.05) is 18.1 Å². The Bertz CT molecular complexity index is 1130. The van der Waals surface area contributed by atoms with Crippen LogP contribution in [-0.4, -0.2) is 33.2 Å². The molecular formula is C25H37F3N8. The van der Waals surface area contributed by atoms with E-state index in [1.54, 1.807) is 19.4 Å². The summed E-state index contributed by atoms with van der Waals surface area (Å²) < 4.78 is 32.4. The highest BCUT2D eigenvalue weighted by atomic mass is 19.4. The van der Waals surface area contributed by atoms with Crippen LogP contribution >= 0.6 is 0 Å². The van der Waals surface area contributed by atoms with Crippen molar-refractivity contribution in [3.8, 4) is 0 Å². The molecule has 3 heterocycles. The lowest BCUT2D eigenvalue weighted by Gasteiger charge is -2.16. The number of hydrogen-bond donors (Lipinski definition) is 4. The van der Waals surface area contributed by atoms with E-state index in [2.05, 4.69) is 48.0 Å². The van der Waals surface area contributed by atoms with Gasteiger partial charge in [-0.15, -0.1) is 0 Å². The first-order valence-corrected chi connectivity index (χ1v) is 11.6. The Morgan fingerprint density at radius 1 is 1.11 bits per heavy atom. The largest absolute Gasteiger partial charge is 0.403 e. The van der Waals surface area contributed by atoms with Gasteiger partial charge in [0.25, 0.3) is 0 Å². The third-order valence-electron chi connectivity index (χ3n) is 4.65. The molecule has 0 saturated carbocycles. The standard InChI is InChI=1S/C19H24N8.C3H5F3.C3H8/c1-11(2)12-4-5-23-17(7-12)26-18-8-13-6-15(16(9-20)27(3)22)25-19(21)14(13)10-24-18;1-2-3(4,5)6;1-3-2/h4-11H,20,22H2,1-3H3,(H2,21,25)(H,23,24,26);2H2,1H3;3H2,1-2H3/b16-9-;;. The van der Waals surface area contributed by atoms with Crippen LogP contribution in [0.25, 0.3) is 16.5 Å². The second-order valence-electron chi connectivity index (χ2n) is 8.28. The number of nitrogens with one attached hydrogen (secondary N) is 1. The molecule has 3 aromatic rings. The van der Waals surface area contributed by atoms with Crippen LogP contribution in [0.2, 0.25) is 0 Å². The van der Waals surface area contributed by atoms with Gasteiger partial charge in [0.05, 0.1) is 11.4 Å². The van der Waals surface area contributed by atoms with Crippen LogP contribution < -0.4 is 22.6 Å². The lowest BCUT2D eigenvalue weighted by Crippen LogP contribution is -2.25. The van der Waals surface area contributed by atoms with Gasteiger partial charge in [0.2, 0.25) is 0 Å². The molecule has 0 aliphatic carbocycles. The maximum Gasteiger partial charge on any atom is 0.388 e.